The van der Waals surface area contributed by atoms with E-state index in [1.54, 1.807) is 6.26 Å². The monoisotopic (exact) mass is 308 g/mol. The van der Waals surface area contributed by atoms with Crippen molar-refractivity contribution in [3.8, 4) is 0 Å². The Morgan fingerprint density at radius 3 is 3.05 bits per heavy atom. The lowest BCUT2D eigenvalue weighted by Crippen LogP contribution is -2.40. The molecule has 0 radical (unpaired) electrons. The summed E-state index contributed by atoms with van der Waals surface area (Å²) in [6.45, 7) is 2.22. The quantitative estimate of drug-likeness (QED) is 0.847. The number of carbonyl (C=O) groups is 1. The van der Waals surface area contributed by atoms with E-state index < -0.39 is 0 Å². The summed E-state index contributed by atoms with van der Waals surface area (Å²) >= 11 is 5.17. The SMILES string of the molecule is Cn1c(C2CCCN(C(=O)C3=COCCC3)C2)n[nH]c1=S. The summed E-state index contributed by atoms with van der Waals surface area (Å²) in [6, 6.07) is 0. The van der Waals surface area contributed by atoms with Crippen molar-refractivity contribution >= 4 is 18.1 Å². The fraction of sp³-hybridized carbons (Fsp3) is 0.643. The number of amides is 1. The first-order valence-corrected chi connectivity index (χ1v) is 7.79. The van der Waals surface area contributed by atoms with Gasteiger partial charge in [0.1, 0.15) is 5.82 Å². The van der Waals surface area contributed by atoms with Gasteiger partial charge in [-0.2, -0.15) is 5.10 Å². The Morgan fingerprint density at radius 2 is 2.38 bits per heavy atom. The predicted molar refractivity (Wildman–Crippen MR) is 80.2 cm³/mol. The average Bonchev–Trinajstić information content (AvgIpc) is 2.87. The number of ether oxygens (including phenoxy) is 1. The summed E-state index contributed by atoms with van der Waals surface area (Å²) < 4.78 is 7.81. The maximum Gasteiger partial charge on any atom is 0.252 e. The predicted octanol–water partition coefficient (Wildman–Crippen LogP) is 1.88. The van der Waals surface area contributed by atoms with Crippen LogP contribution >= 0.6 is 12.2 Å². The molecular formula is C14H20N4O2S. The number of hydrogen-bond acceptors (Lipinski definition) is 4. The van der Waals surface area contributed by atoms with Crippen LogP contribution in [-0.4, -0.2) is 45.3 Å². The van der Waals surface area contributed by atoms with Crippen LogP contribution in [0.5, 0.6) is 0 Å². The minimum absolute atomic E-state index is 0.108. The second kappa shape index (κ2) is 6.01. The van der Waals surface area contributed by atoms with E-state index in [1.165, 1.54) is 0 Å². The number of piperidine rings is 1. The fourth-order valence-corrected chi connectivity index (χ4v) is 3.16. The Kier molecular flexibility index (Phi) is 4.10. The molecule has 0 saturated carbocycles. The van der Waals surface area contributed by atoms with E-state index in [2.05, 4.69) is 10.2 Å². The third-order valence-corrected chi connectivity index (χ3v) is 4.56. The fourth-order valence-electron chi connectivity index (χ4n) is 3.02. The zero-order valence-corrected chi connectivity index (χ0v) is 13.0. The summed E-state index contributed by atoms with van der Waals surface area (Å²) in [5.74, 6) is 1.29. The molecule has 7 heteroatoms. The van der Waals surface area contributed by atoms with E-state index in [0.717, 1.165) is 43.6 Å². The largest absolute Gasteiger partial charge is 0.501 e. The van der Waals surface area contributed by atoms with Crippen LogP contribution in [0.3, 0.4) is 0 Å². The highest BCUT2D eigenvalue weighted by Crippen LogP contribution is 2.27. The van der Waals surface area contributed by atoms with Crippen molar-refractivity contribution in [2.75, 3.05) is 19.7 Å². The first-order chi connectivity index (χ1) is 10.2. The summed E-state index contributed by atoms with van der Waals surface area (Å²) in [5.41, 5.74) is 0.789. The molecule has 1 amide bonds. The van der Waals surface area contributed by atoms with E-state index in [1.807, 2.05) is 16.5 Å². The Labute approximate surface area is 128 Å². The highest BCUT2D eigenvalue weighted by molar-refractivity contribution is 7.71. The molecule has 0 bridgehead atoms. The van der Waals surface area contributed by atoms with E-state index in [4.69, 9.17) is 17.0 Å². The molecular weight excluding hydrogens is 288 g/mol. The topological polar surface area (TPSA) is 63.1 Å². The van der Waals surface area contributed by atoms with E-state index >= 15 is 0 Å². The van der Waals surface area contributed by atoms with Crippen LogP contribution in [0.15, 0.2) is 11.8 Å². The molecule has 3 heterocycles. The third kappa shape index (κ3) is 2.88. The van der Waals surface area contributed by atoms with E-state index in [-0.39, 0.29) is 11.8 Å². The van der Waals surface area contributed by atoms with Crippen molar-refractivity contribution in [1.82, 2.24) is 19.7 Å². The summed E-state index contributed by atoms with van der Waals surface area (Å²) in [5, 5.41) is 7.14. The molecule has 0 aliphatic carbocycles. The second-order valence-corrected chi connectivity index (χ2v) is 6.04. The summed E-state index contributed by atoms with van der Waals surface area (Å²) in [6.07, 6.45) is 5.39. The number of rotatable bonds is 2. The first-order valence-electron chi connectivity index (χ1n) is 7.38. The molecule has 2 aliphatic rings. The molecule has 6 nitrogen and oxygen atoms in total. The van der Waals surface area contributed by atoms with Gasteiger partial charge in [0.2, 0.25) is 0 Å². The number of nitrogens with one attached hydrogen (secondary N) is 1. The van der Waals surface area contributed by atoms with Gasteiger partial charge in [-0.3, -0.25) is 9.89 Å². The van der Waals surface area contributed by atoms with Crippen molar-refractivity contribution in [2.24, 2.45) is 7.05 Å². The lowest BCUT2D eigenvalue weighted by molar-refractivity contribution is -0.128. The lowest BCUT2D eigenvalue weighted by atomic mass is 9.96. The molecule has 1 atom stereocenters. The van der Waals surface area contributed by atoms with Gasteiger partial charge in [-0.15, -0.1) is 0 Å². The van der Waals surface area contributed by atoms with Crippen molar-refractivity contribution < 1.29 is 9.53 Å². The van der Waals surface area contributed by atoms with Gasteiger partial charge in [-0.1, -0.05) is 0 Å². The number of aromatic amines is 1. The van der Waals surface area contributed by atoms with Gasteiger partial charge >= 0.3 is 0 Å². The van der Waals surface area contributed by atoms with Crippen molar-refractivity contribution in [3.05, 3.63) is 22.4 Å². The lowest BCUT2D eigenvalue weighted by Gasteiger charge is -2.33. The molecule has 0 aromatic carbocycles. The number of likely N-dealkylation sites (tertiary alicyclic amines) is 1. The van der Waals surface area contributed by atoms with Crippen LogP contribution in [0.2, 0.25) is 0 Å². The van der Waals surface area contributed by atoms with Gasteiger partial charge in [0, 0.05) is 26.1 Å². The van der Waals surface area contributed by atoms with Crippen LogP contribution in [-0.2, 0) is 16.6 Å². The molecule has 21 heavy (non-hydrogen) atoms. The molecule has 0 spiro atoms. The van der Waals surface area contributed by atoms with Crippen LogP contribution in [0.4, 0.5) is 0 Å². The zero-order chi connectivity index (χ0) is 14.8. The van der Waals surface area contributed by atoms with Gasteiger partial charge in [-0.05, 0) is 37.9 Å². The van der Waals surface area contributed by atoms with Crippen LogP contribution < -0.4 is 0 Å². The van der Waals surface area contributed by atoms with E-state index in [9.17, 15) is 4.79 Å². The summed E-state index contributed by atoms with van der Waals surface area (Å²) in [4.78, 5) is 14.5. The Morgan fingerprint density at radius 1 is 1.52 bits per heavy atom. The second-order valence-electron chi connectivity index (χ2n) is 5.65. The maximum absolute atomic E-state index is 12.5. The Bertz CT molecular complexity index is 619. The molecule has 1 saturated heterocycles. The van der Waals surface area contributed by atoms with Crippen molar-refractivity contribution in [1.29, 1.82) is 0 Å². The number of H-pyrrole nitrogens is 1. The van der Waals surface area contributed by atoms with Crippen LogP contribution in [0, 0.1) is 4.77 Å². The van der Waals surface area contributed by atoms with Gasteiger partial charge in [0.05, 0.1) is 18.4 Å². The minimum Gasteiger partial charge on any atom is -0.501 e. The number of nitrogens with zero attached hydrogens (tertiary/aromatic N) is 3. The normalized spacial score (nSPS) is 22.6. The highest BCUT2D eigenvalue weighted by Gasteiger charge is 2.29. The Balaban J connectivity index is 1.74. The van der Waals surface area contributed by atoms with Gasteiger partial charge in [0.25, 0.3) is 5.91 Å². The number of carbonyl (C=O) groups excluding carboxylic acids is 1. The molecule has 114 valence electrons. The van der Waals surface area contributed by atoms with Gasteiger partial charge < -0.3 is 14.2 Å². The number of aromatic nitrogens is 3. The Hall–Kier alpha value is -1.63. The van der Waals surface area contributed by atoms with Crippen LogP contribution in [0.1, 0.15) is 37.4 Å². The first kappa shape index (κ1) is 14.3. The zero-order valence-electron chi connectivity index (χ0n) is 12.2. The van der Waals surface area contributed by atoms with E-state index in [0.29, 0.717) is 17.9 Å². The molecule has 1 fully saturated rings. The minimum atomic E-state index is 0.108. The molecule has 1 N–H and O–H groups in total. The van der Waals surface area contributed by atoms with Gasteiger partial charge in [0.15, 0.2) is 4.77 Å². The highest BCUT2D eigenvalue weighted by atomic mass is 32.1. The van der Waals surface area contributed by atoms with Crippen molar-refractivity contribution in [2.45, 2.75) is 31.6 Å². The molecule has 1 aromatic heterocycles. The molecule has 1 aromatic rings. The average molecular weight is 308 g/mol. The standard InChI is InChI=1S/C14H20N4O2S/c1-17-12(15-16-14(17)21)10-4-2-6-18(8-10)13(19)11-5-3-7-20-9-11/h9-10H,2-8H2,1H3,(H,16,21). The molecule has 1 unspecified atom stereocenters. The summed E-state index contributed by atoms with van der Waals surface area (Å²) in [7, 11) is 1.92. The van der Waals surface area contributed by atoms with Gasteiger partial charge in [-0.25, -0.2) is 0 Å². The molecule has 3 rings (SSSR count). The smallest absolute Gasteiger partial charge is 0.252 e. The number of hydrogen-bond donors (Lipinski definition) is 1. The van der Waals surface area contributed by atoms with Crippen LogP contribution in [0.25, 0.3) is 0 Å². The third-order valence-electron chi connectivity index (χ3n) is 4.20. The molecule has 2 aliphatic heterocycles. The maximum atomic E-state index is 12.5. The van der Waals surface area contributed by atoms with Crippen molar-refractivity contribution in [3.63, 3.8) is 0 Å².